The van der Waals surface area contributed by atoms with Crippen molar-refractivity contribution in [2.24, 2.45) is 5.92 Å². The van der Waals surface area contributed by atoms with Crippen molar-refractivity contribution < 1.29 is 4.79 Å². The van der Waals surface area contributed by atoms with Crippen molar-refractivity contribution in [3.05, 3.63) is 42.2 Å². The Bertz CT molecular complexity index is 758. The van der Waals surface area contributed by atoms with Crippen LogP contribution in [0.5, 0.6) is 0 Å². The molecule has 27 heavy (non-hydrogen) atoms. The molecule has 7 nitrogen and oxygen atoms in total. The summed E-state index contributed by atoms with van der Waals surface area (Å²) in [6.07, 6.45) is 4.09. The normalized spacial score (nSPS) is 20.6. The lowest BCUT2D eigenvalue weighted by Gasteiger charge is -2.35. The summed E-state index contributed by atoms with van der Waals surface area (Å²) in [5.74, 6) is 2.41. The molecule has 2 aliphatic rings. The van der Waals surface area contributed by atoms with Crippen molar-refractivity contribution in [2.75, 3.05) is 49.1 Å². The summed E-state index contributed by atoms with van der Waals surface area (Å²) in [6, 6.07) is 9.72. The first-order chi connectivity index (χ1) is 13.2. The molecule has 4 rings (SSSR count). The number of piperidine rings is 1. The largest absolute Gasteiger partial charge is 0.353 e. The third-order valence-electron chi connectivity index (χ3n) is 5.39. The van der Waals surface area contributed by atoms with Crippen molar-refractivity contribution in [3.63, 3.8) is 0 Å². The molecule has 0 bridgehead atoms. The van der Waals surface area contributed by atoms with Gasteiger partial charge in [-0.3, -0.25) is 4.79 Å². The van der Waals surface area contributed by atoms with Crippen LogP contribution < -0.4 is 9.80 Å². The predicted octanol–water partition coefficient (Wildman–Crippen LogP) is 2.07. The van der Waals surface area contributed by atoms with Gasteiger partial charge in [-0.25, -0.2) is 4.98 Å². The van der Waals surface area contributed by atoms with Gasteiger partial charge < -0.3 is 14.7 Å². The van der Waals surface area contributed by atoms with E-state index in [4.69, 9.17) is 0 Å². The van der Waals surface area contributed by atoms with Crippen LogP contribution in [-0.2, 0) is 0 Å². The summed E-state index contributed by atoms with van der Waals surface area (Å²) < 4.78 is 0. The quantitative estimate of drug-likeness (QED) is 0.829. The Morgan fingerprint density at radius 3 is 2.37 bits per heavy atom. The number of carbonyl (C=O) groups is 1. The highest BCUT2D eigenvalue weighted by Crippen LogP contribution is 2.19. The fourth-order valence-corrected chi connectivity index (χ4v) is 3.85. The van der Waals surface area contributed by atoms with Crippen LogP contribution >= 0.6 is 0 Å². The number of piperazine rings is 1. The second-order valence-corrected chi connectivity index (χ2v) is 7.44. The minimum Gasteiger partial charge on any atom is -0.353 e. The van der Waals surface area contributed by atoms with E-state index >= 15 is 0 Å². The third kappa shape index (κ3) is 4.02. The van der Waals surface area contributed by atoms with Gasteiger partial charge in [-0.2, -0.15) is 0 Å². The van der Waals surface area contributed by atoms with Gasteiger partial charge in [0.1, 0.15) is 5.82 Å². The van der Waals surface area contributed by atoms with E-state index in [0.717, 1.165) is 57.3 Å². The van der Waals surface area contributed by atoms with E-state index in [-0.39, 0.29) is 5.91 Å². The number of amides is 1. The van der Waals surface area contributed by atoms with Gasteiger partial charge in [-0.1, -0.05) is 13.0 Å². The molecule has 0 saturated carbocycles. The highest BCUT2D eigenvalue weighted by molar-refractivity contribution is 5.92. The monoisotopic (exact) mass is 366 g/mol. The molecule has 0 N–H and O–H groups in total. The van der Waals surface area contributed by atoms with E-state index in [0.29, 0.717) is 11.6 Å². The third-order valence-corrected chi connectivity index (χ3v) is 5.39. The molecular weight excluding hydrogens is 340 g/mol. The summed E-state index contributed by atoms with van der Waals surface area (Å²) >= 11 is 0. The van der Waals surface area contributed by atoms with Crippen molar-refractivity contribution in [1.29, 1.82) is 0 Å². The Kier molecular flexibility index (Phi) is 5.18. The van der Waals surface area contributed by atoms with Crippen LogP contribution in [0.3, 0.4) is 0 Å². The lowest BCUT2D eigenvalue weighted by atomic mass is 10.00. The molecule has 0 aliphatic carbocycles. The number of pyridine rings is 1. The van der Waals surface area contributed by atoms with E-state index in [9.17, 15) is 4.79 Å². The van der Waals surface area contributed by atoms with E-state index in [1.165, 1.54) is 6.42 Å². The molecule has 7 heteroatoms. The van der Waals surface area contributed by atoms with Gasteiger partial charge in [-0.15, -0.1) is 10.2 Å². The molecule has 0 aromatic carbocycles. The fourth-order valence-electron chi connectivity index (χ4n) is 3.85. The molecule has 4 heterocycles. The van der Waals surface area contributed by atoms with E-state index in [2.05, 4.69) is 31.9 Å². The first-order valence-electron chi connectivity index (χ1n) is 9.74. The average molecular weight is 366 g/mol. The number of hydrogen-bond donors (Lipinski definition) is 0. The second kappa shape index (κ2) is 7.90. The Balaban J connectivity index is 1.36. The molecule has 1 atom stereocenters. The highest BCUT2D eigenvalue weighted by Gasteiger charge is 2.24. The zero-order chi connectivity index (χ0) is 18.6. The number of likely N-dealkylation sites (tertiary alicyclic amines) is 1. The minimum atomic E-state index is 0.000529. The summed E-state index contributed by atoms with van der Waals surface area (Å²) in [6.45, 7) is 7.35. The van der Waals surface area contributed by atoms with Crippen molar-refractivity contribution in [3.8, 4) is 0 Å². The summed E-state index contributed by atoms with van der Waals surface area (Å²) in [7, 11) is 0. The average Bonchev–Trinajstić information content (AvgIpc) is 2.74. The standard InChI is InChI=1S/C20H26N6O/c1-16-5-4-10-26(15-16)20(27)17-7-8-19(23-22-17)25-13-11-24(12-14-25)18-6-2-3-9-21-18/h2-3,6-9,16H,4-5,10-15H2,1H3. The summed E-state index contributed by atoms with van der Waals surface area (Å²) in [4.78, 5) is 23.4. The van der Waals surface area contributed by atoms with Gasteiger partial charge in [0.25, 0.3) is 5.91 Å². The van der Waals surface area contributed by atoms with Gasteiger partial charge in [0.05, 0.1) is 0 Å². The second-order valence-electron chi connectivity index (χ2n) is 7.44. The van der Waals surface area contributed by atoms with E-state index in [1.54, 1.807) is 0 Å². The molecule has 2 aliphatic heterocycles. The zero-order valence-corrected chi connectivity index (χ0v) is 15.8. The van der Waals surface area contributed by atoms with Gasteiger partial charge >= 0.3 is 0 Å². The van der Waals surface area contributed by atoms with Gasteiger partial charge in [-0.05, 0) is 43.0 Å². The first-order valence-corrected chi connectivity index (χ1v) is 9.74. The summed E-state index contributed by atoms with van der Waals surface area (Å²) in [5, 5.41) is 8.55. The Labute approximate surface area is 160 Å². The van der Waals surface area contributed by atoms with E-state index < -0.39 is 0 Å². The number of anilines is 2. The summed E-state index contributed by atoms with van der Waals surface area (Å²) in [5.41, 5.74) is 0.444. The number of hydrogen-bond acceptors (Lipinski definition) is 6. The van der Waals surface area contributed by atoms with Crippen LogP contribution in [0, 0.1) is 5.92 Å². The van der Waals surface area contributed by atoms with Crippen LogP contribution in [0.15, 0.2) is 36.5 Å². The number of carbonyl (C=O) groups excluding carboxylic acids is 1. The van der Waals surface area contributed by atoms with Gasteiger partial charge in [0.2, 0.25) is 0 Å². The molecule has 1 unspecified atom stereocenters. The number of nitrogens with zero attached hydrogens (tertiary/aromatic N) is 6. The Hall–Kier alpha value is -2.70. The molecule has 0 radical (unpaired) electrons. The van der Waals surface area contributed by atoms with Crippen LogP contribution in [0.25, 0.3) is 0 Å². The van der Waals surface area contributed by atoms with Crippen LogP contribution in [0.1, 0.15) is 30.3 Å². The Morgan fingerprint density at radius 2 is 1.74 bits per heavy atom. The fraction of sp³-hybridized carbons (Fsp3) is 0.500. The SMILES string of the molecule is CC1CCCN(C(=O)c2ccc(N3CCN(c4ccccn4)CC3)nn2)C1. The predicted molar refractivity (Wildman–Crippen MR) is 105 cm³/mol. The van der Waals surface area contributed by atoms with Crippen molar-refractivity contribution >= 4 is 17.5 Å². The van der Waals surface area contributed by atoms with Gasteiger partial charge in [0.15, 0.2) is 11.5 Å². The molecule has 2 saturated heterocycles. The van der Waals surface area contributed by atoms with Crippen molar-refractivity contribution in [1.82, 2.24) is 20.1 Å². The maximum atomic E-state index is 12.6. The van der Waals surface area contributed by atoms with E-state index in [1.807, 2.05) is 41.4 Å². The maximum Gasteiger partial charge on any atom is 0.274 e. The lowest BCUT2D eigenvalue weighted by molar-refractivity contribution is 0.0676. The van der Waals surface area contributed by atoms with Crippen molar-refractivity contribution in [2.45, 2.75) is 19.8 Å². The lowest BCUT2D eigenvalue weighted by Crippen LogP contribution is -2.47. The molecule has 0 spiro atoms. The smallest absolute Gasteiger partial charge is 0.274 e. The highest BCUT2D eigenvalue weighted by atomic mass is 16.2. The molecular formula is C20H26N6O. The maximum absolute atomic E-state index is 12.6. The zero-order valence-electron chi connectivity index (χ0n) is 15.8. The molecule has 142 valence electrons. The molecule has 2 fully saturated rings. The Morgan fingerprint density at radius 1 is 0.963 bits per heavy atom. The first kappa shape index (κ1) is 17.7. The molecule has 2 aromatic rings. The van der Waals surface area contributed by atoms with Crippen LogP contribution in [0.2, 0.25) is 0 Å². The number of aromatic nitrogens is 3. The van der Waals surface area contributed by atoms with Gasteiger partial charge in [0, 0.05) is 45.5 Å². The van der Waals surface area contributed by atoms with Crippen LogP contribution in [0.4, 0.5) is 11.6 Å². The number of rotatable bonds is 3. The molecule has 2 aromatic heterocycles. The molecule has 1 amide bonds. The topological polar surface area (TPSA) is 65.5 Å². The van der Waals surface area contributed by atoms with Crippen LogP contribution in [-0.4, -0.2) is 65.3 Å². The minimum absolute atomic E-state index is 0.000529.